The van der Waals surface area contributed by atoms with E-state index in [0.717, 1.165) is 56.7 Å². The number of hydrogen-bond acceptors (Lipinski definition) is 9. The zero-order chi connectivity index (χ0) is 30.6. The SMILES string of the molecule is CN1C(=O)[C@@](S)(Cc2ccc(CCc3ccc(C[C@@]45S[C@@](O)(C(=O)N4C)N(C)C5=O)cc3)cc2)C2(S)N(C)C(=O)C12O. The van der Waals surface area contributed by atoms with E-state index >= 15 is 0 Å². The molecule has 2 bridgehead atoms. The summed E-state index contributed by atoms with van der Waals surface area (Å²) < 4.78 is -1.42. The van der Waals surface area contributed by atoms with Crippen LogP contribution in [0.2, 0.25) is 0 Å². The van der Waals surface area contributed by atoms with Crippen molar-refractivity contribution in [1.82, 2.24) is 19.6 Å². The molecular weight excluding hydrogens is 597 g/mol. The zero-order valence-corrected chi connectivity index (χ0v) is 26.2. The molecule has 13 heteroatoms. The lowest BCUT2D eigenvalue weighted by atomic mass is 9.80. The van der Waals surface area contributed by atoms with Crippen LogP contribution in [0.5, 0.6) is 0 Å². The van der Waals surface area contributed by atoms with Crippen molar-refractivity contribution in [2.75, 3.05) is 28.2 Å². The summed E-state index contributed by atoms with van der Waals surface area (Å²) in [5.41, 5.74) is 1.90. The van der Waals surface area contributed by atoms with Gasteiger partial charge >= 0.3 is 0 Å². The molecule has 42 heavy (non-hydrogen) atoms. The fraction of sp³-hybridized carbons (Fsp3) is 0.448. The Labute approximate surface area is 258 Å². The van der Waals surface area contributed by atoms with Crippen LogP contribution < -0.4 is 0 Å². The number of aliphatic hydroxyl groups is 2. The number of aryl methyl sites for hydroxylation is 2. The van der Waals surface area contributed by atoms with Crippen molar-refractivity contribution in [2.45, 2.75) is 51.0 Å². The number of carbonyl (C=O) groups is 4. The fourth-order valence-electron chi connectivity index (χ4n) is 6.69. The maximum atomic E-state index is 13.2. The number of amides is 4. The van der Waals surface area contributed by atoms with Gasteiger partial charge in [-0.15, -0.1) is 12.6 Å². The summed E-state index contributed by atoms with van der Waals surface area (Å²) in [6.07, 6.45) is 2.03. The highest BCUT2D eigenvalue weighted by atomic mass is 32.2. The van der Waals surface area contributed by atoms with E-state index in [1.165, 1.54) is 30.9 Å². The Morgan fingerprint density at radius 3 is 1.62 bits per heavy atom. The predicted octanol–water partition coefficient (Wildman–Crippen LogP) is 0.504. The number of benzene rings is 2. The van der Waals surface area contributed by atoms with Gasteiger partial charge in [0, 0.05) is 34.6 Å². The molecule has 222 valence electrons. The van der Waals surface area contributed by atoms with Crippen LogP contribution in [0.25, 0.3) is 0 Å². The Bertz CT molecular complexity index is 1540. The lowest BCUT2D eigenvalue weighted by molar-refractivity contribution is -0.216. The van der Waals surface area contributed by atoms with Gasteiger partial charge in [-0.3, -0.25) is 24.1 Å². The second-order valence-corrected chi connectivity index (χ2v) is 14.5. The monoisotopic (exact) mass is 628 g/mol. The minimum atomic E-state index is -2.03. The van der Waals surface area contributed by atoms with Gasteiger partial charge in [0.05, 0.1) is 0 Å². The average molecular weight is 629 g/mol. The lowest BCUT2D eigenvalue weighted by Gasteiger charge is -2.58. The van der Waals surface area contributed by atoms with Gasteiger partial charge in [0.1, 0.15) is 4.75 Å². The van der Waals surface area contributed by atoms with Gasteiger partial charge < -0.3 is 24.9 Å². The van der Waals surface area contributed by atoms with Crippen molar-refractivity contribution >= 4 is 60.6 Å². The highest BCUT2D eigenvalue weighted by molar-refractivity contribution is 8.04. The van der Waals surface area contributed by atoms with E-state index in [2.05, 4.69) is 12.6 Å². The Hall–Kier alpha value is -2.71. The molecule has 4 amide bonds. The molecule has 4 fully saturated rings. The van der Waals surface area contributed by atoms with Gasteiger partial charge in [-0.05, 0) is 41.5 Å². The number of nitrogens with zero attached hydrogens (tertiary/aromatic N) is 4. The maximum absolute atomic E-state index is 13.2. The van der Waals surface area contributed by atoms with Gasteiger partial charge in [0.2, 0.25) is 5.91 Å². The summed E-state index contributed by atoms with van der Waals surface area (Å²) in [7, 11) is 5.91. The predicted molar refractivity (Wildman–Crippen MR) is 162 cm³/mol. The van der Waals surface area contributed by atoms with Gasteiger partial charge in [0.15, 0.2) is 9.74 Å². The number of likely N-dealkylation sites (tertiary alicyclic amines) is 2. The van der Waals surface area contributed by atoms with Gasteiger partial charge in [-0.1, -0.05) is 60.3 Å². The van der Waals surface area contributed by atoms with E-state index in [0.29, 0.717) is 6.42 Å². The first kappa shape index (κ1) is 29.4. The van der Waals surface area contributed by atoms with Crippen molar-refractivity contribution < 1.29 is 29.4 Å². The summed E-state index contributed by atoms with van der Waals surface area (Å²) >= 11 is 10.3. The van der Waals surface area contributed by atoms with Crippen LogP contribution in [-0.4, -0.2) is 107 Å². The number of carbonyl (C=O) groups excluding carboxylic acids is 4. The van der Waals surface area contributed by atoms with Crippen LogP contribution in [-0.2, 0) is 44.9 Å². The van der Waals surface area contributed by atoms with Crippen LogP contribution in [0.15, 0.2) is 48.5 Å². The summed E-state index contributed by atoms with van der Waals surface area (Å²) in [5, 5.41) is 19.9. The van der Waals surface area contributed by atoms with E-state index in [9.17, 15) is 29.4 Å². The van der Waals surface area contributed by atoms with Crippen LogP contribution in [0.3, 0.4) is 0 Å². The molecule has 6 rings (SSSR count). The molecule has 10 nitrogen and oxygen atoms in total. The molecule has 0 aliphatic carbocycles. The molecule has 4 heterocycles. The number of β-lactam (4-membered cyclic amide) rings is 1. The molecule has 2 N–H and O–H groups in total. The quantitative estimate of drug-likeness (QED) is 0.261. The molecule has 0 radical (unpaired) electrons. The first-order chi connectivity index (χ1) is 19.6. The van der Waals surface area contributed by atoms with E-state index < -0.39 is 43.0 Å². The fourth-order valence-corrected chi connectivity index (χ4v) is 9.44. The Balaban J connectivity index is 1.10. The smallest absolute Gasteiger partial charge is 0.288 e. The largest absolute Gasteiger partial charge is 0.360 e. The first-order valence-corrected chi connectivity index (χ1v) is 15.2. The lowest BCUT2D eigenvalue weighted by Crippen LogP contribution is -2.84. The Morgan fingerprint density at radius 2 is 1.10 bits per heavy atom. The van der Waals surface area contributed by atoms with Crippen molar-refractivity contribution in [3.63, 3.8) is 0 Å². The van der Waals surface area contributed by atoms with Crippen molar-refractivity contribution in [1.29, 1.82) is 0 Å². The van der Waals surface area contributed by atoms with Gasteiger partial charge in [0.25, 0.3) is 28.5 Å². The highest BCUT2D eigenvalue weighted by Crippen LogP contribution is 2.61. The molecule has 2 aromatic carbocycles. The molecule has 5 atom stereocenters. The molecule has 2 unspecified atom stereocenters. The summed E-state index contributed by atoms with van der Waals surface area (Å²) in [5.74, 6) is -1.82. The minimum Gasteiger partial charge on any atom is -0.360 e. The van der Waals surface area contributed by atoms with E-state index in [4.69, 9.17) is 12.6 Å². The molecular formula is C29H32N4O6S3. The summed E-state index contributed by atoms with van der Waals surface area (Å²) in [6.45, 7) is 0. The Kier molecular flexibility index (Phi) is 6.40. The van der Waals surface area contributed by atoms with Crippen LogP contribution in [0, 0.1) is 0 Å². The standard InChI is InChI=1S/C29H32N4O6S3/c1-30-24(37)28(39)32(3)22(35)26(30,42-28)16-20-13-9-18(10-14-20)6-5-17-7-11-19(12-8-17)15-25(40)21(34)31(2)27(38)23(36)33(4)29(25,27)41/h7-14,38-41H,5-6,15-16H2,1-4H3/t25-,26-,27?,28-,29?/m0/s1. The third-order valence-corrected chi connectivity index (χ3v) is 13.0. The van der Waals surface area contributed by atoms with E-state index in [1.807, 2.05) is 48.5 Å². The number of thioether (sulfide) groups is 1. The normalized spacial score (nSPS) is 35.4. The van der Waals surface area contributed by atoms with Crippen molar-refractivity contribution in [2.24, 2.45) is 0 Å². The van der Waals surface area contributed by atoms with Crippen molar-refractivity contribution in [3.05, 3.63) is 70.8 Å². The number of fused-ring (bicyclic) bond motifs is 3. The summed E-state index contributed by atoms with van der Waals surface area (Å²) in [4.78, 5) is 53.3. The third kappa shape index (κ3) is 3.39. The van der Waals surface area contributed by atoms with E-state index in [1.54, 1.807) is 7.05 Å². The Morgan fingerprint density at radius 1 is 0.619 bits per heavy atom. The second-order valence-electron chi connectivity index (χ2n) is 11.6. The van der Waals surface area contributed by atoms with Crippen LogP contribution in [0.4, 0.5) is 0 Å². The number of piperazine rings is 1. The topological polar surface area (TPSA) is 122 Å². The molecule has 0 saturated carbocycles. The van der Waals surface area contributed by atoms with Gasteiger partial charge in [-0.25, -0.2) is 0 Å². The molecule has 4 aliphatic heterocycles. The second kappa shape index (κ2) is 9.15. The van der Waals surface area contributed by atoms with E-state index in [-0.39, 0.29) is 12.3 Å². The maximum Gasteiger partial charge on any atom is 0.288 e. The molecule has 4 saturated heterocycles. The number of thiol groups is 2. The van der Waals surface area contributed by atoms with Crippen LogP contribution in [0.1, 0.15) is 22.3 Å². The molecule has 2 aromatic rings. The molecule has 0 spiro atoms. The molecule has 4 aliphatic rings. The summed E-state index contributed by atoms with van der Waals surface area (Å²) in [6, 6.07) is 15.7. The minimum absolute atomic E-state index is 0.181. The first-order valence-electron chi connectivity index (χ1n) is 13.5. The zero-order valence-electron chi connectivity index (χ0n) is 23.6. The van der Waals surface area contributed by atoms with Gasteiger partial charge in [-0.2, -0.15) is 12.6 Å². The highest BCUT2D eigenvalue weighted by Gasteiger charge is 2.85. The number of rotatable bonds is 7. The molecule has 0 aromatic heterocycles. The number of likely N-dealkylation sites (N-methyl/N-ethyl adjacent to an activating group) is 4. The van der Waals surface area contributed by atoms with Crippen molar-refractivity contribution in [3.8, 4) is 0 Å². The third-order valence-electron chi connectivity index (χ3n) is 9.48. The average Bonchev–Trinajstić information content (AvgIpc) is 3.35. The number of hydrogen-bond donors (Lipinski definition) is 4. The van der Waals surface area contributed by atoms with Crippen LogP contribution >= 0.6 is 37.0 Å².